The molecule has 36 heavy (non-hydrogen) atoms. The lowest BCUT2D eigenvalue weighted by atomic mass is 10.1. The molecule has 0 aromatic heterocycles. The number of hydrogen-bond donors (Lipinski definition) is 1. The number of rotatable bonds is 10. The van der Waals surface area contributed by atoms with E-state index in [0.717, 1.165) is 29.5 Å². The molecule has 0 aliphatic carbocycles. The van der Waals surface area contributed by atoms with Gasteiger partial charge in [0.05, 0.1) is 17.7 Å². The zero-order valence-corrected chi connectivity index (χ0v) is 21.4. The Morgan fingerprint density at radius 3 is 2.17 bits per heavy atom. The number of anilines is 1. The number of nitrogens with one attached hydrogen (secondary N) is 1. The molecule has 0 unspecified atom stereocenters. The van der Waals surface area contributed by atoms with Crippen LogP contribution in [0.2, 0.25) is 0 Å². The van der Waals surface area contributed by atoms with Gasteiger partial charge in [0.25, 0.3) is 10.0 Å². The van der Waals surface area contributed by atoms with Crippen molar-refractivity contribution in [2.24, 2.45) is 0 Å². The van der Waals surface area contributed by atoms with Gasteiger partial charge in [0.1, 0.15) is 12.3 Å². The molecule has 3 aromatic carbocycles. The van der Waals surface area contributed by atoms with Crippen molar-refractivity contribution in [3.8, 4) is 5.75 Å². The van der Waals surface area contributed by atoms with Crippen LogP contribution < -0.4 is 14.4 Å². The highest BCUT2D eigenvalue weighted by Crippen LogP contribution is 2.25. The fourth-order valence-corrected chi connectivity index (χ4v) is 5.75. The first-order valence-electron chi connectivity index (χ1n) is 12.2. The van der Waals surface area contributed by atoms with Crippen LogP contribution in [-0.2, 0) is 27.9 Å². The number of piperidine rings is 1. The molecule has 190 valence electrons. The molecular formula is C28H33N3O4S. The highest BCUT2D eigenvalue weighted by molar-refractivity contribution is 7.92. The average Bonchev–Trinajstić information content (AvgIpc) is 2.92. The normalized spacial score (nSPS) is 14.2. The van der Waals surface area contributed by atoms with Crippen molar-refractivity contribution < 1.29 is 17.9 Å². The average molecular weight is 508 g/mol. The first kappa shape index (κ1) is 25.7. The van der Waals surface area contributed by atoms with Gasteiger partial charge in [-0.1, -0.05) is 48.9 Å². The quantitative estimate of drug-likeness (QED) is 0.445. The van der Waals surface area contributed by atoms with E-state index < -0.39 is 10.0 Å². The second kappa shape index (κ2) is 12.1. The second-order valence-electron chi connectivity index (χ2n) is 8.95. The van der Waals surface area contributed by atoms with Crippen LogP contribution in [0.15, 0.2) is 83.8 Å². The third-order valence-corrected chi connectivity index (χ3v) is 8.13. The molecule has 0 atom stereocenters. The number of nitrogens with zero attached hydrogens (tertiary/aromatic N) is 2. The fourth-order valence-electron chi connectivity index (χ4n) is 4.31. The van der Waals surface area contributed by atoms with E-state index in [4.69, 9.17) is 4.74 Å². The number of hydrogen-bond acceptors (Lipinski definition) is 5. The Morgan fingerprint density at radius 1 is 0.889 bits per heavy atom. The highest BCUT2D eigenvalue weighted by atomic mass is 32.2. The topological polar surface area (TPSA) is 79.0 Å². The molecule has 0 bridgehead atoms. The van der Waals surface area contributed by atoms with Gasteiger partial charge in [0.15, 0.2) is 0 Å². The summed E-state index contributed by atoms with van der Waals surface area (Å²) in [6, 6.07) is 23.0. The molecule has 1 heterocycles. The number of likely N-dealkylation sites (tertiary alicyclic amines) is 1. The summed E-state index contributed by atoms with van der Waals surface area (Å²) >= 11 is 0. The van der Waals surface area contributed by atoms with Gasteiger partial charge in [-0.3, -0.25) is 14.0 Å². The Hall–Kier alpha value is -3.36. The molecule has 0 saturated carbocycles. The van der Waals surface area contributed by atoms with Gasteiger partial charge in [0.2, 0.25) is 5.91 Å². The van der Waals surface area contributed by atoms with E-state index in [2.05, 4.69) is 22.3 Å². The largest absolute Gasteiger partial charge is 0.497 e. The van der Waals surface area contributed by atoms with Crippen molar-refractivity contribution in [3.05, 3.63) is 90.0 Å². The van der Waals surface area contributed by atoms with E-state index in [-0.39, 0.29) is 17.3 Å². The van der Waals surface area contributed by atoms with Crippen LogP contribution in [0.1, 0.15) is 30.4 Å². The van der Waals surface area contributed by atoms with Gasteiger partial charge in [-0.15, -0.1) is 0 Å². The van der Waals surface area contributed by atoms with Crippen LogP contribution in [0.5, 0.6) is 5.75 Å². The summed E-state index contributed by atoms with van der Waals surface area (Å²) in [6.45, 7) is 3.23. The highest BCUT2D eigenvalue weighted by Gasteiger charge is 2.27. The summed E-state index contributed by atoms with van der Waals surface area (Å²) in [5.74, 6) is 0.215. The van der Waals surface area contributed by atoms with E-state index in [1.807, 2.05) is 12.1 Å². The van der Waals surface area contributed by atoms with E-state index in [9.17, 15) is 13.2 Å². The third kappa shape index (κ3) is 6.65. The number of methoxy groups -OCH3 is 1. The summed E-state index contributed by atoms with van der Waals surface area (Å²) in [5, 5.41) is 2.87. The van der Waals surface area contributed by atoms with Crippen molar-refractivity contribution >= 4 is 21.6 Å². The van der Waals surface area contributed by atoms with Gasteiger partial charge in [-0.2, -0.15) is 0 Å². The van der Waals surface area contributed by atoms with Gasteiger partial charge in [-0.05, 0) is 73.5 Å². The second-order valence-corrected chi connectivity index (χ2v) is 10.8. The lowest BCUT2D eigenvalue weighted by molar-refractivity contribution is -0.119. The number of carbonyl (C=O) groups excluding carboxylic acids is 1. The monoisotopic (exact) mass is 507 g/mol. The van der Waals surface area contributed by atoms with Crippen molar-refractivity contribution in [1.82, 2.24) is 10.2 Å². The Kier molecular flexibility index (Phi) is 8.61. The summed E-state index contributed by atoms with van der Waals surface area (Å²) < 4.78 is 33.1. The predicted molar refractivity (Wildman–Crippen MR) is 141 cm³/mol. The van der Waals surface area contributed by atoms with Crippen LogP contribution in [-0.4, -0.2) is 46.0 Å². The Labute approximate surface area is 213 Å². The van der Waals surface area contributed by atoms with Gasteiger partial charge in [-0.25, -0.2) is 8.42 Å². The number of amides is 1. The van der Waals surface area contributed by atoms with Gasteiger partial charge < -0.3 is 10.1 Å². The number of benzene rings is 3. The lowest BCUT2D eigenvalue weighted by Gasteiger charge is -2.26. The Balaban J connectivity index is 1.42. The molecule has 4 rings (SSSR count). The molecule has 1 N–H and O–H groups in total. The van der Waals surface area contributed by atoms with E-state index in [1.54, 1.807) is 49.6 Å². The van der Waals surface area contributed by atoms with Crippen molar-refractivity contribution in [2.45, 2.75) is 37.2 Å². The zero-order valence-electron chi connectivity index (χ0n) is 20.6. The maximum atomic E-state index is 13.4. The van der Waals surface area contributed by atoms with Gasteiger partial charge in [0, 0.05) is 13.1 Å². The van der Waals surface area contributed by atoms with Crippen LogP contribution >= 0.6 is 0 Å². The zero-order chi connectivity index (χ0) is 25.4. The fraction of sp³-hybridized carbons (Fsp3) is 0.321. The maximum absolute atomic E-state index is 13.4. The standard InChI is InChI=1S/C28H33N3O4S/c1-35-26-16-14-25(15-17-26)31(36(33,34)27-8-4-2-5-9-27)22-28(32)29-20-23-10-12-24(13-11-23)21-30-18-6-3-7-19-30/h2,4-5,8-17H,3,6-7,18-22H2,1H3,(H,29,32). The number of sulfonamides is 1. The summed E-state index contributed by atoms with van der Waals surface area (Å²) in [4.78, 5) is 15.5. The predicted octanol–water partition coefficient (Wildman–Crippen LogP) is 4.19. The number of ether oxygens (including phenoxy) is 1. The van der Waals surface area contributed by atoms with Crippen LogP contribution in [0.25, 0.3) is 0 Å². The smallest absolute Gasteiger partial charge is 0.264 e. The summed E-state index contributed by atoms with van der Waals surface area (Å²) in [6.07, 6.45) is 3.84. The first-order valence-corrected chi connectivity index (χ1v) is 13.7. The molecule has 0 radical (unpaired) electrons. The van der Waals surface area contributed by atoms with Crippen molar-refractivity contribution in [2.75, 3.05) is 31.0 Å². The Bertz CT molecular complexity index is 1220. The molecule has 1 amide bonds. The maximum Gasteiger partial charge on any atom is 0.264 e. The third-order valence-electron chi connectivity index (χ3n) is 6.35. The molecule has 0 spiro atoms. The lowest BCUT2D eigenvalue weighted by Crippen LogP contribution is -2.40. The van der Waals surface area contributed by atoms with Crippen molar-refractivity contribution in [1.29, 1.82) is 0 Å². The molecular weight excluding hydrogens is 474 g/mol. The molecule has 7 nitrogen and oxygen atoms in total. The minimum atomic E-state index is -3.94. The minimum absolute atomic E-state index is 0.123. The molecule has 1 aliphatic rings. The van der Waals surface area contributed by atoms with Crippen LogP contribution in [0.4, 0.5) is 5.69 Å². The SMILES string of the molecule is COc1ccc(N(CC(=O)NCc2ccc(CN3CCCCC3)cc2)S(=O)(=O)c2ccccc2)cc1. The van der Waals surface area contributed by atoms with Crippen LogP contribution in [0.3, 0.4) is 0 Å². The minimum Gasteiger partial charge on any atom is -0.497 e. The molecule has 1 aliphatic heterocycles. The van der Waals surface area contributed by atoms with E-state index in [0.29, 0.717) is 18.0 Å². The Morgan fingerprint density at radius 2 is 1.53 bits per heavy atom. The first-order chi connectivity index (χ1) is 17.5. The number of carbonyl (C=O) groups is 1. The van der Waals surface area contributed by atoms with E-state index in [1.165, 1.54) is 37.0 Å². The van der Waals surface area contributed by atoms with Crippen LogP contribution in [0, 0.1) is 0 Å². The van der Waals surface area contributed by atoms with Crippen molar-refractivity contribution in [3.63, 3.8) is 0 Å². The molecule has 3 aromatic rings. The molecule has 1 fully saturated rings. The molecule has 1 saturated heterocycles. The molecule has 8 heteroatoms. The summed E-state index contributed by atoms with van der Waals surface area (Å²) in [5.41, 5.74) is 2.61. The van der Waals surface area contributed by atoms with Gasteiger partial charge >= 0.3 is 0 Å². The summed E-state index contributed by atoms with van der Waals surface area (Å²) in [7, 11) is -2.40. The van der Waals surface area contributed by atoms with E-state index >= 15 is 0 Å².